The molecule has 2 N–H and O–H groups in total. The van der Waals surface area contributed by atoms with Gasteiger partial charge < -0.3 is 15.4 Å². The van der Waals surface area contributed by atoms with Crippen LogP contribution in [0, 0.1) is 11.3 Å². The Morgan fingerprint density at radius 3 is 2.54 bits per heavy atom. The second-order valence-corrected chi connectivity index (χ2v) is 5.29. The van der Waals surface area contributed by atoms with Crippen LogP contribution in [0.5, 0.6) is 5.75 Å². The monoisotopic (exact) mass is 345 g/mol. The van der Waals surface area contributed by atoms with E-state index in [1.807, 2.05) is 0 Å². The summed E-state index contributed by atoms with van der Waals surface area (Å²) in [5.74, 6) is 0.777. The summed E-state index contributed by atoms with van der Waals surface area (Å²) in [5.41, 5.74) is 2.15. The minimum Gasteiger partial charge on any atom is -0.497 e. The molecule has 7 nitrogen and oxygen atoms in total. The van der Waals surface area contributed by atoms with E-state index in [2.05, 4.69) is 26.7 Å². The van der Waals surface area contributed by atoms with E-state index < -0.39 is 0 Å². The fourth-order valence-corrected chi connectivity index (χ4v) is 2.18. The Labute approximate surface area is 150 Å². The minimum atomic E-state index is -0.365. The summed E-state index contributed by atoms with van der Waals surface area (Å²) in [5, 5.41) is 14.6. The lowest BCUT2D eigenvalue weighted by molar-refractivity contribution is 0.102. The van der Waals surface area contributed by atoms with Gasteiger partial charge in [0.15, 0.2) is 0 Å². The fraction of sp³-hybridized carbons (Fsp3) is 0.0526. The number of nitrogens with zero attached hydrogens (tertiary/aromatic N) is 3. The lowest BCUT2D eigenvalue weighted by atomic mass is 10.2. The molecule has 1 heterocycles. The van der Waals surface area contributed by atoms with Crippen molar-refractivity contribution in [2.45, 2.75) is 0 Å². The van der Waals surface area contributed by atoms with Crippen LogP contribution in [0.3, 0.4) is 0 Å². The van der Waals surface area contributed by atoms with Gasteiger partial charge in [-0.3, -0.25) is 4.79 Å². The molecule has 2 aromatic carbocycles. The first kappa shape index (κ1) is 16.9. The van der Waals surface area contributed by atoms with E-state index in [1.54, 1.807) is 55.6 Å². The smallest absolute Gasteiger partial charge is 0.275 e. The standard InChI is InChI=1S/C19H15N5O2/c1-26-16-4-2-3-15(9-16)24-19(25)17-11-22-18(12-21-17)23-14-7-5-13(10-20)6-8-14/h2-9,11-12H,1H3,(H,22,23)(H,24,25). The molecule has 0 bridgehead atoms. The molecule has 3 rings (SSSR count). The fourth-order valence-electron chi connectivity index (χ4n) is 2.18. The van der Waals surface area contributed by atoms with Gasteiger partial charge in [0.05, 0.1) is 31.1 Å². The third-order valence-electron chi connectivity index (χ3n) is 3.50. The highest BCUT2D eigenvalue weighted by atomic mass is 16.5. The van der Waals surface area contributed by atoms with Gasteiger partial charge in [0.2, 0.25) is 0 Å². The van der Waals surface area contributed by atoms with Gasteiger partial charge in [-0.1, -0.05) is 6.07 Å². The number of carbonyl (C=O) groups excluding carboxylic acids is 1. The Kier molecular flexibility index (Phi) is 5.05. The van der Waals surface area contributed by atoms with Crippen LogP contribution in [0.1, 0.15) is 16.1 Å². The number of nitrogens with one attached hydrogen (secondary N) is 2. The predicted molar refractivity (Wildman–Crippen MR) is 97.4 cm³/mol. The van der Waals surface area contributed by atoms with Crippen molar-refractivity contribution in [1.82, 2.24) is 9.97 Å². The van der Waals surface area contributed by atoms with Gasteiger partial charge in [0, 0.05) is 17.4 Å². The molecule has 7 heteroatoms. The molecule has 0 saturated heterocycles. The van der Waals surface area contributed by atoms with E-state index in [4.69, 9.17) is 10.00 Å². The average molecular weight is 345 g/mol. The largest absolute Gasteiger partial charge is 0.497 e. The van der Waals surface area contributed by atoms with Crippen LogP contribution in [0.2, 0.25) is 0 Å². The highest BCUT2D eigenvalue weighted by Crippen LogP contribution is 2.18. The molecule has 1 aromatic heterocycles. The molecule has 0 aliphatic rings. The van der Waals surface area contributed by atoms with Gasteiger partial charge in [-0.2, -0.15) is 5.26 Å². The Hall–Kier alpha value is -3.92. The number of benzene rings is 2. The average Bonchev–Trinajstić information content (AvgIpc) is 2.69. The topological polar surface area (TPSA) is 99.9 Å². The van der Waals surface area contributed by atoms with Crippen molar-refractivity contribution >= 4 is 23.1 Å². The predicted octanol–water partition coefficient (Wildman–Crippen LogP) is 3.35. The molecular weight excluding hydrogens is 330 g/mol. The summed E-state index contributed by atoms with van der Waals surface area (Å²) in [6, 6.07) is 16.0. The minimum absolute atomic E-state index is 0.193. The Morgan fingerprint density at radius 1 is 1.08 bits per heavy atom. The number of anilines is 3. The van der Waals surface area contributed by atoms with Crippen LogP contribution >= 0.6 is 0 Å². The Balaban J connectivity index is 1.66. The van der Waals surface area contributed by atoms with Gasteiger partial charge in [-0.25, -0.2) is 9.97 Å². The van der Waals surface area contributed by atoms with E-state index in [-0.39, 0.29) is 11.6 Å². The quantitative estimate of drug-likeness (QED) is 0.735. The van der Waals surface area contributed by atoms with Crippen molar-refractivity contribution in [3.05, 3.63) is 72.2 Å². The number of ether oxygens (including phenoxy) is 1. The number of carbonyl (C=O) groups is 1. The molecule has 0 fully saturated rings. The van der Waals surface area contributed by atoms with Crippen molar-refractivity contribution in [3.63, 3.8) is 0 Å². The third-order valence-corrected chi connectivity index (χ3v) is 3.50. The van der Waals surface area contributed by atoms with E-state index in [9.17, 15) is 4.79 Å². The van der Waals surface area contributed by atoms with Gasteiger partial charge in [-0.05, 0) is 36.4 Å². The van der Waals surface area contributed by atoms with E-state index in [1.165, 1.54) is 12.4 Å². The molecule has 0 saturated carbocycles. The third kappa shape index (κ3) is 4.13. The lowest BCUT2D eigenvalue weighted by Gasteiger charge is -2.08. The summed E-state index contributed by atoms with van der Waals surface area (Å²) in [7, 11) is 1.56. The SMILES string of the molecule is COc1cccc(NC(=O)c2cnc(Nc3ccc(C#N)cc3)cn2)c1. The normalized spacial score (nSPS) is 9.85. The van der Waals surface area contributed by atoms with Crippen LogP contribution in [0.4, 0.5) is 17.2 Å². The molecule has 0 aliphatic heterocycles. The number of hydrogen-bond acceptors (Lipinski definition) is 6. The lowest BCUT2D eigenvalue weighted by Crippen LogP contribution is -2.14. The summed E-state index contributed by atoms with van der Waals surface area (Å²) in [4.78, 5) is 20.6. The van der Waals surface area contributed by atoms with Crippen molar-refractivity contribution in [1.29, 1.82) is 5.26 Å². The Bertz CT molecular complexity index is 947. The molecule has 0 unspecified atom stereocenters. The summed E-state index contributed by atoms with van der Waals surface area (Å²) >= 11 is 0. The molecule has 0 spiro atoms. The van der Waals surface area contributed by atoms with E-state index in [0.29, 0.717) is 22.8 Å². The van der Waals surface area contributed by atoms with Gasteiger partial charge in [0.25, 0.3) is 5.91 Å². The molecule has 26 heavy (non-hydrogen) atoms. The zero-order valence-corrected chi connectivity index (χ0v) is 13.9. The number of methoxy groups -OCH3 is 1. The summed E-state index contributed by atoms with van der Waals surface area (Å²) in [6.45, 7) is 0. The summed E-state index contributed by atoms with van der Waals surface area (Å²) < 4.78 is 5.12. The van der Waals surface area contributed by atoms with Crippen LogP contribution in [0.15, 0.2) is 60.9 Å². The van der Waals surface area contributed by atoms with Crippen molar-refractivity contribution in [2.75, 3.05) is 17.7 Å². The number of rotatable bonds is 5. The van der Waals surface area contributed by atoms with Crippen molar-refractivity contribution in [3.8, 4) is 11.8 Å². The molecule has 3 aromatic rings. The van der Waals surface area contributed by atoms with Crippen LogP contribution in [-0.2, 0) is 0 Å². The van der Waals surface area contributed by atoms with Crippen LogP contribution < -0.4 is 15.4 Å². The zero-order chi connectivity index (χ0) is 18.4. The van der Waals surface area contributed by atoms with Gasteiger partial charge >= 0.3 is 0 Å². The second kappa shape index (κ2) is 7.77. The number of amides is 1. The highest BCUT2D eigenvalue weighted by Gasteiger charge is 2.09. The first-order chi connectivity index (χ1) is 12.7. The molecule has 0 atom stereocenters. The van der Waals surface area contributed by atoms with E-state index >= 15 is 0 Å². The maximum Gasteiger partial charge on any atom is 0.275 e. The summed E-state index contributed by atoms with van der Waals surface area (Å²) in [6.07, 6.45) is 2.86. The molecule has 128 valence electrons. The van der Waals surface area contributed by atoms with Crippen LogP contribution in [0.25, 0.3) is 0 Å². The number of aromatic nitrogens is 2. The van der Waals surface area contributed by atoms with Crippen LogP contribution in [-0.4, -0.2) is 23.0 Å². The number of nitriles is 1. The molecule has 0 aliphatic carbocycles. The van der Waals surface area contributed by atoms with Gasteiger partial charge in [0.1, 0.15) is 17.3 Å². The zero-order valence-electron chi connectivity index (χ0n) is 13.9. The number of hydrogen-bond donors (Lipinski definition) is 2. The maximum atomic E-state index is 12.2. The molecular formula is C19H15N5O2. The second-order valence-electron chi connectivity index (χ2n) is 5.29. The Morgan fingerprint density at radius 2 is 1.88 bits per heavy atom. The first-order valence-corrected chi connectivity index (χ1v) is 7.72. The van der Waals surface area contributed by atoms with E-state index in [0.717, 1.165) is 5.69 Å². The van der Waals surface area contributed by atoms with Gasteiger partial charge in [-0.15, -0.1) is 0 Å². The maximum absolute atomic E-state index is 12.2. The van der Waals surface area contributed by atoms with Crippen molar-refractivity contribution < 1.29 is 9.53 Å². The molecule has 1 amide bonds. The first-order valence-electron chi connectivity index (χ1n) is 7.72. The van der Waals surface area contributed by atoms with Crippen molar-refractivity contribution in [2.24, 2.45) is 0 Å². The highest BCUT2D eigenvalue weighted by molar-refractivity contribution is 6.02. The molecule has 0 radical (unpaired) electrons.